The molecule has 0 radical (unpaired) electrons. The zero-order valence-corrected chi connectivity index (χ0v) is 17.4. The summed E-state index contributed by atoms with van der Waals surface area (Å²) in [4.78, 5) is 11.9. The molecule has 2 aromatic rings. The average Bonchev–Trinajstić information content (AvgIpc) is 2.65. The van der Waals surface area contributed by atoms with Crippen LogP contribution in [0.15, 0.2) is 41.3 Å². The number of hydrogen-bond acceptors (Lipinski definition) is 5. The van der Waals surface area contributed by atoms with Crippen LogP contribution in [-0.2, 0) is 26.0 Å². The lowest BCUT2D eigenvalue weighted by Crippen LogP contribution is -2.28. The summed E-state index contributed by atoms with van der Waals surface area (Å²) in [6.45, 7) is 4.64. The summed E-state index contributed by atoms with van der Waals surface area (Å²) in [5, 5.41) is 2.74. The number of sulfonamides is 1. The second-order valence-electron chi connectivity index (χ2n) is 6.41. The van der Waals surface area contributed by atoms with Crippen molar-refractivity contribution in [3.8, 4) is 5.75 Å². The monoisotopic (exact) mass is 406 g/mol. The number of rotatable bonds is 9. The van der Waals surface area contributed by atoms with E-state index in [-0.39, 0.29) is 17.2 Å². The third-order valence-electron chi connectivity index (χ3n) is 4.27. The fraction of sp³-hybridized carbons (Fsp3) is 0.350. The van der Waals surface area contributed by atoms with E-state index in [0.717, 1.165) is 16.7 Å². The van der Waals surface area contributed by atoms with Gasteiger partial charge in [0, 0.05) is 19.3 Å². The molecular formula is C20H26N2O5S. The number of amides is 1. The molecule has 28 heavy (non-hydrogen) atoms. The van der Waals surface area contributed by atoms with Gasteiger partial charge < -0.3 is 14.8 Å². The van der Waals surface area contributed by atoms with Crippen LogP contribution in [0.25, 0.3) is 0 Å². The van der Waals surface area contributed by atoms with Crippen LogP contribution in [-0.4, -0.2) is 41.7 Å². The van der Waals surface area contributed by atoms with Crippen molar-refractivity contribution in [3.63, 3.8) is 0 Å². The molecular weight excluding hydrogens is 380 g/mol. The van der Waals surface area contributed by atoms with Crippen molar-refractivity contribution in [1.82, 2.24) is 5.32 Å². The number of anilines is 1. The van der Waals surface area contributed by atoms with Crippen molar-refractivity contribution in [2.75, 3.05) is 32.1 Å². The Morgan fingerprint density at radius 1 is 1.04 bits per heavy atom. The van der Waals surface area contributed by atoms with E-state index in [2.05, 4.69) is 10.0 Å². The van der Waals surface area contributed by atoms with Crippen molar-refractivity contribution in [1.29, 1.82) is 0 Å². The van der Waals surface area contributed by atoms with Crippen molar-refractivity contribution in [3.05, 3.63) is 53.1 Å². The molecule has 0 aromatic heterocycles. The number of hydrogen-bond donors (Lipinski definition) is 2. The van der Waals surface area contributed by atoms with Gasteiger partial charge >= 0.3 is 0 Å². The van der Waals surface area contributed by atoms with Gasteiger partial charge in [-0.1, -0.05) is 12.1 Å². The molecule has 1 amide bonds. The van der Waals surface area contributed by atoms with E-state index in [1.807, 2.05) is 13.8 Å². The van der Waals surface area contributed by atoms with Gasteiger partial charge in [-0.25, -0.2) is 8.42 Å². The Hall–Kier alpha value is -2.58. The molecule has 0 saturated heterocycles. The van der Waals surface area contributed by atoms with Crippen LogP contribution >= 0.6 is 0 Å². The van der Waals surface area contributed by atoms with Crippen LogP contribution in [0.1, 0.15) is 16.7 Å². The Labute approximate surface area is 166 Å². The molecule has 2 aromatic carbocycles. The third-order valence-corrected chi connectivity index (χ3v) is 5.67. The molecule has 0 aliphatic carbocycles. The second-order valence-corrected chi connectivity index (χ2v) is 8.06. The second kappa shape index (κ2) is 9.57. The zero-order chi connectivity index (χ0) is 20.7. The van der Waals surface area contributed by atoms with E-state index < -0.39 is 10.0 Å². The van der Waals surface area contributed by atoms with Crippen molar-refractivity contribution in [2.45, 2.75) is 25.2 Å². The van der Waals surface area contributed by atoms with Gasteiger partial charge in [-0.05, 0) is 54.8 Å². The number of methoxy groups -OCH3 is 2. The summed E-state index contributed by atoms with van der Waals surface area (Å²) in [5.41, 5.74) is 2.99. The Balaban J connectivity index is 2.11. The first kappa shape index (κ1) is 21.7. The van der Waals surface area contributed by atoms with E-state index in [9.17, 15) is 13.2 Å². The van der Waals surface area contributed by atoms with Gasteiger partial charge in [-0.15, -0.1) is 0 Å². The van der Waals surface area contributed by atoms with Crippen molar-refractivity contribution in [2.24, 2.45) is 0 Å². The number of benzene rings is 2. The SMILES string of the molecule is COCCNC(=O)Cc1ccc(NS(=O)(=O)c2cc(C)c(C)cc2OC)cc1. The first-order valence-corrected chi connectivity index (χ1v) is 10.3. The number of ether oxygens (including phenoxy) is 2. The molecule has 0 unspecified atom stereocenters. The van der Waals surface area contributed by atoms with E-state index >= 15 is 0 Å². The zero-order valence-electron chi connectivity index (χ0n) is 16.5. The number of carbonyl (C=O) groups is 1. The smallest absolute Gasteiger partial charge is 0.265 e. The van der Waals surface area contributed by atoms with Gasteiger partial charge in [-0.2, -0.15) is 0 Å². The highest BCUT2D eigenvalue weighted by Crippen LogP contribution is 2.29. The van der Waals surface area contributed by atoms with E-state index in [4.69, 9.17) is 9.47 Å². The lowest BCUT2D eigenvalue weighted by molar-refractivity contribution is -0.120. The Morgan fingerprint density at radius 2 is 1.68 bits per heavy atom. The molecule has 0 heterocycles. The molecule has 0 spiro atoms. The molecule has 0 aliphatic heterocycles. The predicted molar refractivity (Wildman–Crippen MR) is 108 cm³/mol. The Morgan fingerprint density at radius 3 is 2.29 bits per heavy atom. The molecule has 0 atom stereocenters. The molecule has 0 aliphatic rings. The van der Waals surface area contributed by atoms with Gasteiger partial charge in [0.2, 0.25) is 5.91 Å². The first-order chi connectivity index (χ1) is 13.3. The summed E-state index contributed by atoms with van der Waals surface area (Å²) in [5.74, 6) is 0.171. The maximum Gasteiger partial charge on any atom is 0.265 e. The molecule has 2 rings (SSSR count). The van der Waals surface area contributed by atoms with Crippen molar-refractivity contribution >= 4 is 21.6 Å². The minimum atomic E-state index is -3.81. The van der Waals surface area contributed by atoms with Crippen LogP contribution in [0, 0.1) is 13.8 Å². The van der Waals surface area contributed by atoms with Gasteiger partial charge in [0.1, 0.15) is 10.6 Å². The van der Waals surface area contributed by atoms with Crippen molar-refractivity contribution < 1.29 is 22.7 Å². The third kappa shape index (κ3) is 5.71. The van der Waals surface area contributed by atoms with Gasteiger partial charge in [0.25, 0.3) is 10.0 Å². The van der Waals surface area contributed by atoms with E-state index in [0.29, 0.717) is 24.6 Å². The molecule has 7 nitrogen and oxygen atoms in total. The average molecular weight is 407 g/mol. The maximum absolute atomic E-state index is 12.8. The molecule has 0 saturated carbocycles. The Bertz CT molecular complexity index is 924. The maximum atomic E-state index is 12.8. The predicted octanol–water partition coefficient (Wildman–Crippen LogP) is 2.42. The highest BCUT2D eigenvalue weighted by Gasteiger charge is 2.21. The largest absolute Gasteiger partial charge is 0.495 e. The fourth-order valence-corrected chi connectivity index (χ4v) is 3.87. The van der Waals surface area contributed by atoms with Crippen LogP contribution in [0.3, 0.4) is 0 Å². The lowest BCUT2D eigenvalue weighted by atomic mass is 10.1. The Kier molecular flexibility index (Phi) is 7.42. The molecule has 2 N–H and O–H groups in total. The summed E-state index contributed by atoms with van der Waals surface area (Å²) in [6, 6.07) is 9.98. The van der Waals surface area contributed by atoms with E-state index in [1.165, 1.54) is 7.11 Å². The highest BCUT2D eigenvalue weighted by molar-refractivity contribution is 7.92. The van der Waals surface area contributed by atoms with Crippen LogP contribution in [0.4, 0.5) is 5.69 Å². The summed E-state index contributed by atoms with van der Waals surface area (Å²) < 4.78 is 38.2. The fourth-order valence-electron chi connectivity index (χ4n) is 2.57. The van der Waals surface area contributed by atoms with Crippen LogP contribution in [0.5, 0.6) is 5.75 Å². The standard InChI is InChI=1S/C20H26N2O5S/c1-14-11-18(27-4)19(12-15(14)2)28(24,25)22-17-7-5-16(6-8-17)13-20(23)21-9-10-26-3/h5-8,11-12,22H,9-10,13H2,1-4H3,(H,21,23). The summed E-state index contributed by atoms with van der Waals surface area (Å²) >= 11 is 0. The van der Waals surface area contributed by atoms with Crippen LogP contribution in [0.2, 0.25) is 0 Å². The lowest BCUT2D eigenvalue weighted by Gasteiger charge is -2.14. The number of carbonyl (C=O) groups excluding carboxylic acids is 1. The topological polar surface area (TPSA) is 93.7 Å². The van der Waals surface area contributed by atoms with Gasteiger partial charge in [-0.3, -0.25) is 9.52 Å². The number of aryl methyl sites for hydroxylation is 2. The summed E-state index contributed by atoms with van der Waals surface area (Å²) in [6.07, 6.45) is 0.210. The van der Waals surface area contributed by atoms with E-state index in [1.54, 1.807) is 43.5 Å². The number of nitrogens with one attached hydrogen (secondary N) is 2. The highest BCUT2D eigenvalue weighted by atomic mass is 32.2. The minimum Gasteiger partial charge on any atom is -0.495 e. The first-order valence-electron chi connectivity index (χ1n) is 8.79. The van der Waals surface area contributed by atoms with Gasteiger partial charge in [0.15, 0.2) is 0 Å². The molecule has 152 valence electrons. The summed E-state index contributed by atoms with van der Waals surface area (Å²) in [7, 11) is -0.805. The normalized spacial score (nSPS) is 11.1. The molecule has 0 bridgehead atoms. The minimum absolute atomic E-state index is 0.0831. The quantitative estimate of drug-likeness (QED) is 0.624. The molecule has 0 fully saturated rings. The van der Waals surface area contributed by atoms with Crippen LogP contribution < -0.4 is 14.8 Å². The van der Waals surface area contributed by atoms with Gasteiger partial charge in [0.05, 0.1) is 20.1 Å². The molecule has 8 heteroatoms.